The van der Waals surface area contributed by atoms with Crippen LogP contribution >= 0.6 is 11.8 Å². The number of fused-ring (bicyclic) bond motifs is 2. The third-order valence-corrected chi connectivity index (χ3v) is 17.6. The van der Waals surface area contributed by atoms with Gasteiger partial charge in [-0.3, -0.25) is 30.4 Å². The van der Waals surface area contributed by atoms with Gasteiger partial charge in [-0.05, 0) is 74.1 Å². The number of hydrogen-bond donors (Lipinski definition) is 9. The number of aliphatic hydroxyl groups excluding tert-OH is 1. The van der Waals surface area contributed by atoms with Gasteiger partial charge in [0, 0.05) is 105 Å². The molecule has 2 aromatic rings. The summed E-state index contributed by atoms with van der Waals surface area (Å²) in [5.74, 6) is 1.20. The molecule has 18 nitrogen and oxygen atoms in total. The number of likely N-dealkylation sites (tertiary alicyclic amines) is 1. The van der Waals surface area contributed by atoms with Gasteiger partial charge in [-0.1, -0.05) is 70.9 Å². The lowest BCUT2D eigenvalue weighted by Gasteiger charge is -2.45. The Hall–Kier alpha value is -3.44. The minimum absolute atomic E-state index is 0.0284. The predicted octanol–water partition coefficient (Wildman–Crippen LogP) is 2.52. The number of thioether (sulfide) groups is 1. The lowest BCUT2D eigenvalue weighted by atomic mass is 9.89. The van der Waals surface area contributed by atoms with E-state index in [1.807, 2.05) is 49.9 Å². The van der Waals surface area contributed by atoms with Gasteiger partial charge in [-0.15, -0.1) is 11.8 Å². The van der Waals surface area contributed by atoms with Gasteiger partial charge < -0.3 is 40.3 Å². The number of β-amino-alcohol motifs (C(OH)–C–C–N with tert-alkyl or cyclic N) is 1. The highest BCUT2D eigenvalue weighted by Crippen LogP contribution is 2.39. The van der Waals surface area contributed by atoms with Crippen LogP contribution in [0.4, 0.5) is 0 Å². The van der Waals surface area contributed by atoms with Crippen molar-refractivity contribution in [3.63, 3.8) is 0 Å². The molecule has 2 aromatic carbocycles. The third-order valence-electron chi connectivity index (χ3n) is 16.2. The van der Waals surface area contributed by atoms with Crippen LogP contribution in [0.15, 0.2) is 42.5 Å². The molecule has 19 heteroatoms. The van der Waals surface area contributed by atoms with Crippen LogP contribution in [0.1, 0.15) is 118 Å². The van der Waals surface area contributed by atoms with Crippen molar-refractivity contribution in [1.29, 1.82) is 0 Å². The zero-order chi connectivity index (χ0) is 49.6. The molecule has 6 heterocycles. The van der Waals surface area contributed by atoms with E-state index in [-0.39, 0.29) is 48.4 Å². The quantitative estimate of drug-likeness (QED) is 0.0780. The molecule has 9 rings (SSSR count). The van der Waals surface area contributed by atoms with E-state index in [4.69, 9.17) is 9.47 Å². The van der Waals surface area contributed by atoms with Gasteiger partial charge in [-0.25, -0.2) is 15.4 Å². The highest BCUT2D eigenvalue weighted by molar-refractivity contribution is 7.99. The summed E-state index contributed by atoms with van der Waals surface area (Å²) in [7, 11) is 0. The van der Waals surface area contributed by atoms with Crippen molar-refractivity contribution in [2.24, 2.45) is 11.8 Å². The summed E-state index contributed by atoms with van der Waals surface area (Å²) >= 11 is 1.86. The Morgan fingerprint density at radius 3 is 2.61 bits per heavy atom. The number of carbonyl (C=O) groups is 3. The number of hydrogen-bond acceptors (Lipinski definition) is 16. The molecule has 0 radical (unpaired) electrons. The Balaban J connectivity index is 0.713. The first-order valence-electron chi connectivity index (χ1n) is 26.8. The summed E-state index contributed by atoms with van der Waals surface area (Å²) in [5.41, 5.74) is 13.9. The summed E-state index contributed by atoms with van der Waals surface area (Å²) in [4.78, 5) is 44.8. The maximum absolute atomic E-state index is 14.3. The topological polar surface area (TPSA) is 199 Å². The van der Waals surface area contributed by atoms with Crippen LogP contribution in [-0.4, -0.2) is 162 Å². The van der Waals surface area contributed by atoms with Crippen molar-refractivity contribution in [3.8, 4) is 5.75 Å². The summed E-state index contributed by atoms with van der Waals surface area (Å²) in [5, 5.41) is 34.2. The molecular formula is C52H82N12O6S. The maximum atomic E-state index is 14.3. The molecule has 7 aliphatic rings. The van der Waals surface area contributed by atoms with Gasteiger partial charge in [-0.2, -0.15) is 5.53 Å². The monoisotopic (exact) mass is 1000 g/mol. The van der Waals surface area contributed by atoms with E-state index in [1.165, 1.54) is 30.6 Å². The molecule has 0 bridgehead atoms. The fourth-order valence-electron chi connectivity index (χ4n) is 12.3. The Labute approximate surface area is 425 Å². The number of benzene rings is 2. The molecule has 0 aromatic heterocycles. The van der Waals surface area contributed by atoms with E-state index in [1.54, 1.807) is 11.0 Å². The van der Waals surface area contributed by atoms with Crippen molar-refractivity contribution in [1.82, 2.24) is 62.8 Å². The molecule has 6 fully saturated rings. The Morgan fingerprint density at radius 2 is 1.82 bits per heavy atom. The predicted molar refractivity (Wildman–Crippen MR) is 275 cm³/mol. The molecule has 1 aliphatic carbocycles. The second-order valence-corrected chi connectivity index (χ2v) is 22.5. The first kappa shape index (κ1) is 52.4. The average molecular weight is 1000 g/mol. The molecule has 3 amide bonds. The Kier molecular flexibility index (Phi) is 17.9. The molecule has 392 valence electrons. The zero-order valence-electron chi connectivity index (χ0n) is 42.7. The summed E-state index contributed by atoms with van der Waals surface area (Å²) in [6.07, 6.45) is 8.36. The lowest BCUT2D eigenvalue weighted by Crippen LogP contribution is -2.66. The van der Waals surface area contributed by atoms with Crippen molar-refractivity contribution in [2.45, 2.75) is 165 Å². The number of nitrogens with one attached hydrogen (secondary N) is 8. The smallest absolute Gasteiger partial charge is 0.255 e. The van der Waals surface area contributed by atoms with Gasteiger partial charge in [0.05, 0.1) is 31.6 Å². The van der Waals surface area contributed by atoms with Gasteiger partial charge in [0.2, 0.25) is 11.8 Å². The number of nitrogens with zero attached hydrogens (tertiary/aromatic N) is 4. The summed E-state index contributed by atoms with van der Waals surface area (Å²) in [6, 6.07) is 14.2. The fourth-order valence-corrected chi connectivity index (χ4v) is 13.5. The molecule has 0 spiro atoms. The minimum Gasteiger partial charge on any atom is -0.491 e. The molecule has 6 unspecified atom stereocenters. The molecule has 11 atom stereocenters. The van der Waals surface area contributed by atoms with Crippen LogP contribution in [0.2, 0.25) is 0 Å². The number of rotatable bonds is 22. The first-order chi connectivity index (χ1) is 34.5. The van der Waals surface area contributed by atoms with E-state index >= 15 is 0 Å². The molecular weight excluding hydrogens is 921 g/mol. The molecule has 5 saturated heterocycles. The van der Waals surface area contributed by atoms with Crippen LogP contribution in [0.5, 0.6) is 5.75 Å². The lowest BCUT2D eigenvalue weighted by molar-refractivity contribution is -0.143. The van der Waals surface area contributed by atoms with Crippen LogP contribution in [-0.2, 0) is 27.4 Å². The fraction of sp³-hybridized carbons (Fsp3) is 0.712. The second kappa shape index (κ2) is 24.3. The molecule has 71 heavy (non-hydrogen) atoms. The van der Waals surface area contributed by atoms with Crippen LogP contribution < -0.4 is 47.7 Å². The number of carbonyl (C=O) groups excluding carboxylic acids is 3. The van der Waals surface area contributed by atoms with Crippen molar-refractivity contribution < 1.29 is 29.0 Å². The van der Waals surface area contributed by atoms with Gasteiger partial charge in [0.15, 0.2) is 0 Å². The van der Waals surface area contributed by atoms with Gasteiger partial charge >= 0.3 is 0 Å². The first-order valence-corrected chi connectivity index (χ1v) is 27.9. The number of ether oxygens (including phenoxy) is 2. The van der Waals surface area contributed by atoms with Crippen molar-refractivity contribution in [2.75, 3.05) is 58.4 Å². The summed E-state index contributed by atoms with van der Waals surface area (Å²) in [6.45, 7) is 16.0. The number of hydrazine groups is 3. The highest BCUT2D eigenvalue weighted by atomic mass is 32.2. The van der Waals surface area contributed by atoms with Crippen molar-refractivity contribution >= 4 is 29.5 Å². The van der Waals surface area contributed by atoms with Crippen LogP contribution in [0.3, 0.4) is 0 Å². The van der Waals surface area contributed by atoms with E-state index in [9.17, 15) is 19.5 Å². The van der Waals surface area contributed by atoms with Crippen molar-refractivity contribution in [3.05, 3.63) is 64.7 Å². The largest absolute Gasteiger partial charge is 0.491 e. The number of amides is 3. The van der Waals surface area contributed by atoms with E-state index in [0.29, 0.717) is 80.2 Å². The van der Waals surface area contributed by atoms with E-state index in [0.717, 1.165) is 73.9 Å². The second-order valence-electron chi connectivity index (χ2n) is 21.3. The average Bonchev–Trinajstić information content (AvgIpc) is 4.25. The SMILES string of the molecule is CCC(CC)C1CC(N[C@H]2CC[C@H](NCC3CN(CCOCCOc4cc(C5SCNC5C)ccc4CNC(=O)[C@@H]4C[C@@H](O)CN4C(=O)[C@H](C(C)C)N4Cc5ccccc5C4=O)NN3)C2)N2NCCC2N1. The van der Waals surface area contributed by atoms with E-state index in [2.05, 4.69) is 85.9 Å². The van der Waals surface area contributed by atoms with Crippen LogP contribution in [0.25, 0.3) is 0 Å². The number of aliphatic hydroxyl groups is 1. The Bertz CT molecular complexity index is 2120. The molecule has 9 N–H and O–H groups in total. The summed E-state index contributed by atoms with van der Waals surface area (Å²) < 4.78 is 12.5. The third kappa shape index (κ3) is 12.4. The highest BCUT2D eigenvalue weighted by Gasteiger charge is 2.46. The Morgan fingerprint density at radius 1 is 0.986 bits per heavy atom. The minimum atomic E-state index is -0.875. The zero-order valence-corrected chi connectivity index (χ0v) is 43.5. The normalized spacial score (nSPS) is 30.5. The van der Waals surface area contributed by atoms with Gasteiger partial charge in [0.25, 0.3) is 5.91 Å². The van der Waals surface area contributed by atoms with Gasteiger partial charge in [0.1, 0.15) is 24.4 Å². The molecule has 6 aliphatic heterocycles. The molecule has 1 saturated carbocycles. The maximum Gasteiger partial charge on any atom is 0.255 e. The van der Waals surface area contributed by atoms with Crippen LogP contribution in [0, 0.1) is 11.8 Å². The standard InChI is InChI=1S/C52H82N12O6S/c1-6-34(7-2)43-25-47(64-46(58-43)16-17-56-64)57-39-15-14-38(23-39)53-27-40-29-61(60-59-40)18-19-69-20-21-70-45-22-35(49-33(5)55-31-71-49)12-13-36(45)26-54-50(66)44-24-41(65)30-62(44)52(68)48(32(3)4)63-28-37-10-8-9-11-42(37)51(63)67/h8-13,22,32-34,38-41,43-44,46-49,53,55-60,65H,6-7,14-21,23-31H2,1-5H3,(H,54,66)/t33?,38-,39-,40?,41+,43?,44-,46?,47?,48-,49?/m0/s1. The van der Waals surface area contributed by atoms with E-state index < -0.39 is 18.2 Å².